The van der Waals surface area contributed by atoms with Crippen molar-refractivity contribution in [2.75, 3.05) is 7.11 Å². The molecule has 0 aromatic carbocycles. The summed E-state index contributed by atoms with van der Waals surface area (Å²) in [7, 11) is 1.56. The molecule has 0 saturated carbocycles. The molecule has 0 aliphatic heterocycles. The summed E-state index contributed by atoms with van der Waals surface area (Å²) in [5, 5.41) is 19.8. The predicted octanol–water partition coefficient (Wildman–Crippen LogP) is 3.98. The number of aliphatic carboxylic acids is 1. The van der Waals surface area contributed by atoms with Gasteiger partial charge in [0.2, 0.25) is 23.4 Å². The number of rotatable bonds is 10. The Hall–Kier alpha value is -4.35. The third kappa shape index (κ3) is 6.92. The number of nitrogens with one attached hydrogen (secondary N) is 1. The number of nitrogens with zero attached hydrogens (tertiary/aromatic N) is 8. The van der Waals surface area contributed by atoms with Crippen LogP contribution in [0, 0.1) is 0 Å². The molecule has 0 spiro atoms. The third-order valence-corrected chi connectivity index (χ3v) is 6.35. The molecule has 0 fully saturated rings. The molecule has 0 saturated heterocycles. The molecule has 2 N–H and O–H groups in total. The van der Waals surface area contributed by atoms with E-state index in [1.807, 2.05) is 10.6 Å². The molecule has 0 aliphatic rings. The highest BCUT2D eigenvalue weighted by atomic mass is 79.9. The largest absolute Gasteiger partial charge is 0.490 e. The Labute approximate surface area is 243 Å². The summed E-state index contributed by atoms with van der Waals surface area (Å²) in [5.41, 5.74) is 1.53. The minimum Gasteiger partial charge on any atom is -0.481 e. The van der Waals surface area contributed by atoms with Gasteiger partial charge >= 0.3 is 12.1 Å². The summed E-state index contributed by atoms with van der Waals surface area (Å²) in [4.78, 5) is 38.2. The van der Waals surface area contributed by atoms with E-state index in [2.05, 4.69) is 58.1 Å². The van der Waals surface area contributed by atoms with Crippen molar-refractivity contribution in [3.8, 4) is 17.3 Å². The molecule has 5 aromatic rings. The normalized spacial score (nSPS) is 11.6. The van der Waals surface area contributed by atoms with Gasteiger partial charge in [0, 0.05) is 37.2 Å². The smallest absolute Gasteiger partial charge is 0.481 e. The van der Waals surface area contributed by atoms with Crippen LogP contribution >= 0.6 is 15.9 Å². The van der Waals surface area contributed by atoms with Gasteiger partial charge in [0.25, 0.3) is 5.56 Å². The van der Waals surface area contributed by atoms with E-state index in [1.165, 1.54) is 0 Å². The van der Waals surface area contributed by atoms with Gasteiger partial charge in [-0.1, -0.05) is 24.9 Å². The Balaban J connectivity index is 0.000000517. The maximum atomic E-state index is 13.2. The standard InChI is InChI=1S/C22H24BrN9O3.C2HF3O2/c1-3-4-5-11-31-19-17(26-21(23)27-19)20(33)32-14(28-29-22(31)32)7-6-8-16-25-18(30-35-16)13-9-10-15(34-2)24-12-13;3-2(4,5)1(6)7/h9-10,12H,3-8,11H2,1-2H3,(H,26,27);(H,6,7). The van der Waals surface area contributed by atoms with E-state index in [4.69, 9.17) is 19.2 Å². The summed E-state index contributed by atoms with van der Waals surface area (Å²) in [6.45, 7) is 2.85. The van der Waals surface area contributed by atoms with Crippen LogP contribution in [0.3, 0.4) is 0 Å². The number of alkyl halides is 3. The Morgan fingerprint density at radius 3 is 2.57 bits per heavy atom. The maximum Gasteiger partial charge on any atom is 0.490 e. The lowest BCUT2D eigenvalue weighted by atomic mass is 10.2. The van der Waals surface area contributed by atoms with Gasteiger partial charge in [0.05, 0.1) is 7.11 Å². The van der Waals surface area contributed by atoms with Crippen molar-refractivity contribution in [3.05, 3.63) is 45.1 Å². The Bertz CT molecular complexity index is 1730. The second-order valence-electron chi connectivity index (χ2n) is 8.90. The van der Waals surface area contributed by atoms with Crippen LogP contribution in [0.5, 0.6) is 5.88 Å². The van der Waals surface area contributed by atoms with Crippen molar-refractivity contribution in [1.82, 2.24) is 44.3 Å². The van der Waals surface area contributed by atoms with Crippen LogP contribution in [0.2, 0.25) is 0 Å². The summed E-state index contributed by atoms with van der Waals surface area (Å²) >= 11 is 3.35. The molecule has 14 nitrogen and oxygen atoms in total. The van der Waals surface area contributed by atoms with Crippen LogP contribution < -0.4 is 10.3 Å². The van der Waals surface area contributed by atoms with Crippen molar-refractivity contribution in [1.29, 1.82) is 0 Å². The van der Waals surface area contributed by atoms with Gasteiger partial charge in [-0.15, -0.1) is 10.2 Å². The molecule has 5 rings (SSSR count). The highest BCUT2D eigenvalue weighted by Crippen LogP contribution is 2.19. The molecule has 0 bridgehead atoms. The summed E-state index contributed by atoms with van der Waals surface area (Å²) in [6, 6.07) is 3.56. The van der Waals surface area contributed by atoms with Crippen LogP contribution in [0.4, 0.5) is 13.2 Å². The number of aromatic amines is 1. The molecule has 0 amide bonds. The van der Waals surface area contributed by atoms with Gasteiger partial charge in [-0.25, -0.2) is 19.2 Å². The lowest BCUT2D eigenvalue weighted by molar-refractivity contribution is -0.192. The first kappa shape index (κ1) is 30.6. The summed E-state index contributed by atoms with van der Waals surface area (Å²) < 4.78 is 46.2. The van der Waals surface area contributed by atoms with E-state index < -0.39 is 12.1 Å². The average Bonchev–Trinajstić information content (AvgIpc) is 3.69. The first-order valence-corrected chi connectivity index (χ1v) is 13.5. The van der Waals surface area contributed by atoms with Gasteiger partial charge in [0.15, 0.2) is 15.9 Å². The number of hydrogen-bond donors (Lipinski definition) is 2. The fourth-order valence-corrected chi connectivity index (χ4v) is 4.34. The maximum absolute atomic E-state index is 13.2. The Morgan fingerprint density at radius 1 is 1.17 bits per heavy atom. The van der Waals surface area contributed by atoms with E-state index in [0.29, 0.717) is 70.9 Å². The first-order valence-electron chi connectivity index (χ1n) is 12.7. The quantitative estimate of drug-likeness (QED) is 0.164. The SMILES string of the molecule is CCCCCn1c2nc(Br)[nH]c2c(=O)n2c(CCCc3nc(-c4ccc(OC)nc4)no3)nnc12.O=C(O)C(F)(F)F. The van der Waals surface area contributed by atoms with Crippen LogP contribution in [0.1, 0.15) is 44.3 Å². The monoisotopic (exact) mass is 655 g/mol. The number of halogens is 4. The highest BCUT2D eigenvalue weighted by molar-refractivity contribution is 9.10. The zero-order valence-corrected chi connectivity index (χ0v) is 23.9. The van der Waals surface area contributed by atoms with Crippen molar-refractivity contribution < 1.29 is 32.3 Å². The molecule has 0 unspecified atom stereocenters. The second kappa shape index (κ2) is 13.1. The number of hydrogen-bond acceptors (Lipinski definition) is 10. The number of aryl methyl sites for hydroxylation is 3. The van der Waals surface area contributed by atoms with Crippen LogP contribution in [-0.2, 0) is 24.2 Å². The van der Waals surface area contributed by atoms with Gasteiger partial charge in [-0.3, -0.25) is 9.36 Å². The Morgan fingerprint density at radius 2 is 1.93 bits per heavy atom. The number of imidazole rings is 1. The summed E-state index contributed by atoms with van der Waals surface area (Å²) in [6.07, 6.45) is 1.39. The molecule has 18 heteroatoms. The number of methoxy groups -OCH3 is 1. The number of carbonyl (C=O) groups is 1. The van der Waals surface area contributed by atoms with Gasteiger partial charge in [-0.2, -0.15) is 18.2 Å². The first-order chi connectivity index (χ1) is 20.0. The molecular weight excluding hydrogens is 631 g/mol. The van der Waals surface area contributed by atoms with E-state index in [9.17, 15) is 18.0 Å². The summed E-state index contributed by atoms with van der Waals surface area (Å²) in [5.74, 6) is -0.193. The van der Waals surface area contributed by atoms with Crippen LogP contribution in [0.25, 0.3) is 28.3 Å². The van der Waals surface area contributed by atoms with Crippen molar-refractivity contribution in [3.63, 3.8) is 0 Å². The number of pyridine rings is 1. The lowest BCUT2D eigenvalue weighted by Crippen LogP contribution is -2.21. The molecule has 0 radical (unpaired) electrons. The molecule has 42 heavy (non-hydrogen) atoms. The zero-order chi connectivity index (χ0) is 30.4. The number of carboxylic acids is 1. The lowest BCUT2D eigenvalue weighted by Gasteiger charge is -2.09. The minimum atomic E-state index is -5.08. The molecule has 5 aromatic heterocycles. The van der Waals surface area contributed by atoms with Crippen LogP contribution in [0.15, 0.2) is 32.4 Å². The third-order valence-electron chi connectivity index (χ3n) is 5.97. The highest BCUT2D eigenvalue weighted by Gasteiger charge is 2.38. The fourth-order valence-electron chi connectivity index (χ4n) is 3.97. The van der Waals surface area contributed by atoms with Gasteiger partial charge < -0.3 is 19.4 Å². The fraction of sp³-hybridized carbons (Fsp3) is 0.417. The number of unbranched alkanes of at least 4 members (excludes halogenated alkanes) is 2. The predicted molar refractivity (Wildman–Crippen MR) is 144 cm³/mol. The molecule has 0 aliphatic carbocycles. The van der Waals surface area contributed by atoms with E-state index in [0.717, 1.165) is 24.8 Å². The van der Waals surface area contributed by atoms with E-state index in [1.54, 1.807) is 23.8 Å². The molecule has 224 valence electrons. The van der Waals surface area contributed by atoms with Crippen molar-refractivity contribution >= 4 is 38.8 Å². The topological polar surface area (TPSA) is 179 Å². The number of aromatic nitrogens is 9. The van der Waals surface area contributed by atoms with Crippen LogP contribution in [-0.4, -0.2) is 68.6 Å². The van der Waals surface area contributed by atoms with Gasteiger partial charge in [-0.05, 0) is 34.8 Å². The molecule has 5 heterocycles. The van der Waals surface area contributed by atoms with E-state index >= 15 is 0 Å². The molecule has 0 atom stereocenters. The minimum absolute atomic E-state index is 0.216. The molecular formula is C24H25BrF3N9O5. The average molecular weight is 656 g/mol. The van der Waals surface area contributed by atoms with E-state index in [-0.39, 0.29) is 5.56 Å². The zero-order valence-electron chi connectivity index (χ0n) is 22.4. The number of carboxylic acid groups (broad SMARTS) is 1. The Kier molecular flexibility index (Phi) is 9.54. The number of ether oxygens (including phenoxy) is 1. The van der Waals surface area contributed by atoms with Crippen molar-refractivity contribution in [2.45, 2.75) is 58.2 Å². The number of H-pyrrole nitrogens is 1. The number of fused-ring (bicyclic) bond motifs is 2. The van der Waals surface area contributed by atoms with Gasteiger partial charge in [0.1, 0.15) is 5.82 Å². The van der Waals surface area contributed by atoms with Crippen molar-refractivity contribution in [2.24, 2.45) is 0 Å². The second-order valence-corrected chi connectivity index (χ2v) is 9.65.